The zero-order valence-electron chi connectivity index (χ0n) is 21.0. The van der Waals surface area contributed by atoms with Crippen molar-refractivity contribution < 1.29 is 9.47 Å². The number of benzene rings is 3. The minimum Gasteiger partial charge on any atom is -0.350 e. The van der Waals surface area contributed by atoms with Crippen LogP contribution in [-0.4, -0.2) is 36.3 Å². The Balaban J connectivity index is 1.48. The van der Waals surface area contributed by atoms with E-state index in [-0.39, 0.29) is 18.1 Å². The summed E-state index contributed by atoms with van der Waals surface area (Å²) < 4.78 is 14.1. The lowest BCUT2D eigenvalue weighted by atomic mass is 9.65. The highest BCUT2D eigenvalue weighted by molar-refractivity contribution is 6.51. The van der Waals surface area contributed by atoms with E-state index in [0.29, 0.717) is 13.2 Å². The van der Waals surface area contributed by atoms with E-state index in [0.717, 1.165) is 64.7 Å². The molecule has 1 unspecified atom stereocenters. The topological polar surface area (TPSA) is 36.3 Å². The van der Waals surface area contributed by atoms with E-state index in [1.165, 1.54) is 0 Å². The molecule has 3 aromatic carbocycles. The van der Waals surface area contributed by atoms with E-state index in [1.807, 2.05) is 48.7 Å². The SMILES string of the molecule is CCC(Cn1c(-c2ccccc2)cnc1BCC(c1ccccc1Cl)c1ccccc1Cl)C1OCCO1. The Hall–Kier alpha value is -2.57. The predicted molar refractivity (Wildman–Crippen MR) is 153 cm³/mol. The van der Waals surface area contributed by atoms with E-state index in [1.54, 1.807) is 0 Å². The normalized spacial score (nSPS) is 14.8. The quantitative estimate of drug-likeness (QED) is 0.217. The average molecular weight is 533 g/mol. The summed E-state index contributed by atoms with van der Waals surface area (Å²) in [5.41, 5.74) is 5.47. The van der Waals surface area contributed by atoms with Gasteiger partial charge in [-0.25, -0.2) is 0 Å². The van der Waals surface area contributed by atoms with Crippen LogP contribution in [0.3, 0.4) is 0 Å². The lowest BCUT2D eigenvalue weighted by molar-refractivity contribution is -0.0881. The lowest BCUT2D eigenvalue weighted by Gasteiger charge is -2.24. The molecule has 0 aliphatic carbocycles. The van der Waals surface area contributed by atoms with Crippen LogP contribution in [0.1, 0.15) is 30.4 Å². The maximum atomic E-state index is 6.69. The molecule has 1 saturated heterocycles. The first kappa shape index (κ1) is 26.1. The van der Waals surface area contributed by atoms with Crippen LogP contribution in [0.2, 0.25) is 16.4 Å². The van der Waals surface area contributed by atoms with Crippen molar-refractivity contribution in [3.8, 4) is 11.3 Å². The van der Waals surface area contributed by atoms with Crippen LogP contribution in [0.25, 0.3) is 11.3 Å². The Morgan fingerprint density at radius 3 is 2.08 bits per heavy atom. The Morgan fingerprint density at radius 1 is 0.892 bits per heavy atom. The highest BCUT2D eigenvalue weighted by Gasteiger charge is 2.28. The van der Waals surface area contributed by atoms with Crippen LogP contribution < -0.4 is 5.72 Å². The number of ether oxygens (including phenoxy) is 2. The van der Waals surface area contributed by atoms with Crippen LogP contribution in [-0.2, 0) is 16.0 Å². The van der Waals surface area contributed by atoms with Crippen molar-refractivity contribution in [2.75, 3.05) is 13.2 Å². The summed E-state index contributed by atoms with van der Waals surface area (Å²) in [5.74, 6) is 0.289. The summed E-state index contributed by atoms with van der Waals surface area (Å²) in [5, 5.41) is 1.50. The summed E-state index contributed by atoms with van der Waals surface area (Å²) in [6.45, 7) is 4.28. The molecule has 1 atom stereocenters. The van der Waals surface area contributed by atoms with Crippen molar-refractivity contribution >= 4 is 36.2 Å². The number of rotatable bonds is 10. The van der Waals surface area contributed by atoms with E-state index in [9.17, 15) is 0 Å². The molecular weight excluding hydrogens is 502 g/mol. The zero-order chi connectivity index (χ0) is 25.6. The Morgan fingerprint density at radius 2 is 1.49 bits per heavy atom. The predicted octanol–water partition coefficient (Wildman–Crippen LogP) is 6.57. The molecule has 0 N–H and O–H groups in total. The zero-order valence-corrected chi connectivity index (χ0v) is 22.5. The molecule has 7 heteroatoms. The largest absolute Gasteiger partial charge is 0.350 e. The fraction of sp³-hybridized carbons (Fsp3) is 0.300. The number of hydrogen-bond acceptors (Lipinski definition) is 3. The molecule has 0 bridgehead atoms. The summed E-state index contributed by atoms with van der Waals surface area (Å²) >= 11 is 13.4. The molecule has 0 saturated carbocycles. The van der Waals surface area contributed by atoms with Gasteiger partial charge >= 0.3 is 0 Å². The second-order valence-corrected chi connectivity index (χ2v) is 10.3. The maximum Gasteiger partial charge on any atom is 0.205 e. The Kier molecular flexibility index (Phi) is 8.68. The monoisotopic (exact) mass is 532 g/mol. The van der Waals surface area contributed by atoms with Gasteiger partial charge in [0.2, 0.25) is 7.28 Å². The standard InChI is InChI=1S/C30H31BCl2N2O2/c1-2-21(29-36-16-17-37-29)20-35-28(22-10-4-3-5-11-22)19-34-30(35)31-18-25(23-12-6-8-14-26(23)32)24-13-7-9-15-27(24)33/h3-15,19,21,25,29,31H,2,16-18,20H2,1H3. The number of nitrogens with zero attached hydrogens (tertiary/aromatic N) is 2. The van der Waals surface area contributed by atoms with Crippen molar-refractivity contribution in [2.24, 2.45) is 5.92 Å². The lowest BCUT2D eigenvalue weighted by Crippen LogP contribution is -2.34. The number of aromatic nitrogens is 2. The van der Waals surface area contributed by atoms with Crippen molar-refractivity contribution in [1.82, 2.24) is 9.55 Å². The van der Waals surface area contributed by atoms with E-state index < -0.39 is 0 Å². The highest BCUT2D eigenvalue weighted by Crippen LogP contribution is 2.36. The molecule has 1 aromatic heterocycles. The maximum absolute atomic E-state index is 6.69. The first-order valence-electron chi connectivity index (χ1n) is 13.0. The fourth-order valence-electron chi connectivity index (χ4n) is 5.21. The van der Waals surface area contributed by atoms with Gasteiger partial charge in [0.05, 0.1) is 30.8 Å². The third-order valence-corrected chi connectivity index (χ3v) is 7.89. The van der Waals surface area contributed by atoms with E-state index in [4.69, 9.17) is 37.7 Å². The van der Waals surface area contributed by atoms with Crippen molar-refractivity contribution in [1.29, 1.82) is 0 Å². The van der Waals surface area contributed by atoms with E-state index >= 15 is 0 Å². The van der Waals surface area contributed by atoms with Crippen LogP contribution in [0.4, 0.5) is 0 Å². The van der Waals surface area contributed by atoms with Crippen LogP contribution >= 0.6 is 23.2 Å². The molecule has 4 aromatic rings. The molecule has 0 radical (unpaired) electrons. The van der Waals surface area contributed by atoms with Gasteiger partial charge in [0.1, 0.15) is 0 Å². The molecule has 37 heavy (non-hydrogen) atoms. The minimum absolute atomic E-state index is 0.0520. The number of halogens is 2. The van der Waals surface area contributed by atoms with Gasteiger partial charge in [-0.15, -0.1) is 0 Å². The van der Waals surface area contributed by atoms with Crippen LogP contribution in [0.5, 0.6) is 0 Å². The molecule has 4 nitrogen and oxygen atoms in total. The third-order valence-electron chi connectivity index (χ3n) is 7.20. The molecule has 1 aliphatic rings. The van der Waals surface area contributed by atoms with Gasteiger partial charge < -0.3 is 14.0 Å². The van der Waals surface area contributed by atoms with E-state index in [2.05, 4.69) is 47.9 Å². The second kappa shape index (κ2) is 12.3. The third kappa shape index (κ3) is 5.96. The molecule has 190 valence electrons. The van der Waals surface area contributed by atoms with Crippen molar-refractivity contribution in [2.45, 2.75) is 38.4 Å². The van der Waals surface area contributed by atoms with Gasteiger partial charge in [-0.2, -0.15) is 0 Å². The molecule has 1 fully saturated rings. The van der Waals surface area contributed by atoms with Gasteiger partial charge in [-0.3, -0.25) is 4.98 Å². The van der Waals surface area contributed by atoms with Crippen molar-refractivity contribution in [3.05, 3.63) is 106 Å². The molecule has 2 heterocycles. The fourth-order valence-corrected chi connectivity index (χ4v) is 5.75. The van der Waals surface area contributed by atoms with Crippen LogP contribution in [0.15, 0.2) is 85.1 Å². The first-order chi connectivity index (χ1) is 18.2. The highest BCUT2D eigenvalue weighted by atomic mass is 35.5. The first-order valence-corrected chi connectivity index (χ1v) is 13.7. The number of imidazole rings is 1. The second-order valence-electron chi connectivity index (χ2n) is 9.45. The smallest absolute Gasteiger partial charge is 0.205 e. The van der Waals surface area contributed by atoms with Gasteiger partial charge in [0.15, 0.2) is 6.29 Å². The molecule has 5 rings (SSSR count). The van der Waals surface area contributed by atoms with Gasteiger partial charge in [-0.1, -0.05) is 103 Å². The summed E-state index contributed by atoms with van der Waals surface area (Å²) in [7, 11) is 0.775. The Labute approximate surface area is 229 Å². The van der Waals surface area contributed by atoms with Gasteiger partial charge in [0.25, 0.3) is 0 Å². The summed E-state index contributed by atoms with van der Waals surface area (Å²) in [6, 6.07) is 26.5. The van der Waals surface area contributed by atoms with Crippen molar-refractivity contribution in [3.63, 3.8) is 0 Å². The molecule has 1 aliphatic heterocycles. The van der Waals surface area contributed by atoms with Gasteiger partial charge in [-0.05, 0) is 35.2 Å². The van der Waals surface area contributed by atoms with Gasteiger partial charge in [0, 0.05) is 28.4 Å². The average Bonchev–Trinajstić information content (AvgIpc) is 3.60. The molecule has 0 amide bonds. The molecule has 0 spiro atoms. The molecular formula is C30H31BCl2N2O2. The Bertz CT molecular complexity index is 1260. The van der Waals surface area contributed by atoms with Crippen LogP contribution in [0, 0.1) is 5.92 Å². The summed E-state index contributed by atoms with van der Waals surface area (Å²) in [6.07, 6.45) is 3.60. The summed E-state index contributed by atoms with van der Waals surface area (Å²) in [4.78, 5) is 4.93. The number of hydrogen-bond donors (Lipinski definition) is 0. The minimum atomic E-state index is -0.178.